The van der Waals surface area contributed by atoms with E-state index in [1.54, 1.807) is 12.1 Å². The van der Waals surface area contributed by atoms with Crippen LogP contribution < -0.4 is 4.74 Å². The summed E-state index contributed by atoms with van der Waals surface area (Å²) in [6.07, 6.45) is 10.9. The third kappa shape index (κ3) is 3.75. The van der Waals surface area contributed by atoms with Crippen LogP contribution in [0.15, 0.2) is 30.5 Å². The fourth-order valence-corrected chi connectivity index (χ4v) is 4.31. The molecule has 1 aromatic carbocycles. The molecule has 0 spiro atoms. The number of piperidine rings is 1. The monoisotopic (exact) mass is 369 g/mol. The van der Waals surface area contributed by atoms with Gasteiger partial charge in [0, 0.05) is 12.0 Å². The molecule has 3 aliphatic rings. The van der Waals surface area contributed by atoms with Crippen molar-refractivity contribution < 1.29 is 9.13 Å². The van der Waals surface area contributed by atoms with E-state index >= 15 is 0 Å². The molecule has 0 unspecified atom stereocenters. The fourth-order valence-electron chi connectivity index (χ4n) is 4.31. The number of ether oxygens (including phenoxy) is 1. The first-order valence-electron chi connectivity index (χ1n) is 10.5. The Labute approximate surface area is 160 Å². The van der Waals surface area contributed by atoms with Crippen molar-refractivity contribution in [2.75, 3.05) is 19.7 Å². The van der Waals surface area contributed by atoms with E-state index in [0.29, 0.717) is 11.8 Å². The van der Waals surface area contributed by atoms with Crippen LogP contribution in [0.4, 0.5) is 4.39 Å². The van der Waals surface area contributed by atoms with Gasteiger partial charge in [-0.25, -0.2) is 9.07 Å². The zero-order chi connectivity index (χ0) is 18.2. The van der Waals surface area contributed by atoms with Gasteiger partial charge in [-0.1, -0.05) is 6.42 Å². The van der Waals surface area contributed by atoms with Crippen LogP contribution in [0.5, 0.6) is 5.75 Å². The van der Waals surface area contributed by atoms with Gasteiger partial charge in [0.25, 0.3) is 0 Å². The van der Waals surface area contributed by atoms with Crippen molar-refractivity contribution in [1.82, 2.24) is 14.7 Å². The number of aromatic nitrogens is 2. The maximum absolute atomic E-state index is 13.2. The quantitative estimate of drug-likeness (QED) is 0.749. The Morgan fingerprint density at radius 2 is 1.74 bits per heavy atom. The molecule has 2 aliphatic carbocycles. The fraction of sp³-hybridized carbons (Fsp3) is 0.591. The average Bonchev–Trinajstić information content (AvgIpc) is 3.42. The first-order valence-corrected chi connectivity index (χ1v) is 10.5. The van der Waals surface area contributed by atoms with E-state index in [2.05, 4.69) is 4.90 Å². The maximum Gasteiger partial charge on any atom is 0.161 e. The van der Waals surface area contributed by atoms with E-state index in [1.165, 1.54) is 70.2 Å². The van der Waals surface area contributed by atoms with Crippen molar-refractivity contribution in [1.29, 1.82) is 0 Å². The highest BCUT2D eigenvalue weighted by Gasteiger charge is 2.32. The molecule has 1 aliphatic heterocycles. The second kappa shape index (κ2) is 7.27. The van der Waals surface area contributed by atoms with Crippen LogP contribution in [0, 0.1) is 11.7 Å². The third-order valence-electron chi connectivity index (χ3n) is 6.48. The summed E-state index contributed by atoms with van der Waals surface area (Å²) in [6, 6.07) is 7.38. The van der Waals surface area contributed by atoms with Gasteiger partial charge in [0.2, 0.25) is 0 Å². The predicted octanol–water partition coefficient (Wildman–Crippen LogP) is 4.53. The molecule has 2 heterocycles. The smallest absolute Gasteiger partial charge is 0.161 e. The number of hydrogen-bond donors (Lipinski definition) is 0. The van der Waals surface area contributed by atoms with Crippen molar-refractivity contribution >= 4 is 0 Å². The molecule has 3 fully saturated rings. The summed E-state index contributed by atoms with van der Waals surface area (Å²) in [4.78, 5) is 2.66. The lowest BCUT2D eigenvalue weighted by Gasteiger charge is -2.32. The lowest BCUT2D eigenvalue weighted by molar-refractivity contribution is 0.135. The molecule has 1 saturated heterocycles. The van der Waals surface area contributed by atoms with Crippen molar-refractivity contribution in [2.45, 2.75) is 56.9 Å². The van der Waals surface area contributed by atoms with E-state index < -0.39 is 0 Å². The number of halogens is 1. The molecule has 0 bridgehead atoms. The normalized spacial score (nSPS) is 22.0. The Morgan fingerprint density at radius 1 is 1.00 bits per heavy atom. The summed E-state index contributed by atoms with van der Waals surface area (Å²) >= 11 is 0. The predicted molar refractivity (Wildman–Crippen MR) is 103 cm³/mol. The molecule has 5 rings (SSSR count). The molecule has 1 aromatic heterocycles. The molecule has 27 heavy (non-hydrogen) atoms. The summed E-state index contributed by atoms with van der Waals surface area (Å²) in [5, 5.41) is 4.80. The largest absolute Gasteiger partial charge is 0.490 e. The van der Waals surface area contributed by atoms with Gasteiger partial charge in [0.05, 0.1) is 18.5 Å². The average molecular weight is 369 g/mol. The first kappa shape index (κ1) is 17.2. The van der Waals surface area contributed by atoms with Crippen LogP contribution in [0.1, 0.15) is 56.6 Å². The molecule has 0 atom stereocenters. The van der Waals surface area contributed by atoms with Gasteiger partial charge in [-0.2, -0.15) is 5.10 Å². The zero-order valence-corrected chi connectivity index (χ0v) is 15.8. The summed E-state index contributed by atoms with van der Waals surface area (Å²) in [5.41, 5.74) is 1.96. The van der Waals surface area contributed by atoms with Gasteiger partial charge >= 0.3 is 0 Å². The zero-order valence-electron chi connectivity index (χ0n) is 15.8. The van der Waals surface area contributed by atoms with Gasteiger partial charge in [0.1, 0.15) is 11.5 Å². The number of likely N-dealkylation sites (tertiary alicyclic amines) is 1. The Balaban J connectivity index is 1.27. The number of nitrogens with zero attached hydrogens (tertiary/aromatic N) is 3. The molecule has 4 nitrogen and oxygen atoms in total. The van der Waals surface area contributed by atoms with Crippen molar-refractivity contribution in [3.05, 3.63) is 42.0 Å². The van der Waals surface area contributed by atoms with Crippen LogP contribution in [-0.2, 0) is 0 Å². The minimum atomic E-state index is -0.223. The molecular formula is C22H28FN3O. The molecule has 5 heteroatoms. The van der Waals surface area contributed by atoms with Gasteiger partial charge in [0.15, 0.2) is 5.75 Å². The van der Waals surface area contributed by atoms with Crippen LogP contribution in [0.25, 0.3) is 5.69 Å². The van der Waals surface area contributed by atoms with Crippen molar-refractivity contribution in [2.24, 2.45) is 5.92 Å². The summed E-state index contributed by atoms with van der Waals surface area (Å²) in [5.74, 6) is 1.86. The Kier molecular flexibility index (Phi) is 4.64. The Bertz CT molecular complexity index is 771. The molecule has 0 amide bonds. The molecule has 2 aromatic rings. The summed E-state index contributed by atoms with van der Waals surface area (Å²) in [6.45, 7) is 3.24. The summed E-state index contributed by atoms with van der Waals surface area (Å²) < 4.78 is 21.4. The lowest BCUT2D eigenvalue weighted by atomic mass is 9.83. The second-order valence-corrected chi connectivity index (χ2v) is 8.45. The Hall–Kier alpha value is -1.88. The number of rotatable bonds is 6. The number of hydrogen-bond acceptors (Lipinski definition) is 3. The minimum Gasteiger partial charge on any atom is -0.490 e. The van der Waals surface area contributed by atoms with Crippen LogP contribution in [0.2, 0.25) is 0 Å². The van der Waals surface area contributed by atoms with Crippen molar-refractivity contribution in [3.8, 4) is 11.4 Å². The standard InChI is InChI=1S/C22H28FN3O/c23-18-4-6-20(7-5-18)26-14-21(22(24-26)17-2-1-3-17)27-15-16-10-12-25(13-11-16)19-8-9-19/h4-7,14,16-17,19H,1-3,8-13,15H2. The van der Waals surface area contributed by atoms with E-state index in [1.807, 2.05) is 10.9 Å². The van der Waals surface area contributed by atoms with Gasteiger partial charge < -0.3 is 9.64 Å². The summed E-state index contributed by atoms with van der Waals surface area (Å²) in [7, 11) is 0. The van der Waals surface area contributed by atoms with E-state index in [0.717, 1.165) is 29.8 Å². The van der Waals surface area contributed by atoms with Gasteiger partial charge in [-0.3, -0.25) is 0 Å². The SMILES string of the molecule is Fc1ccc(-n2cc(OCC3CCN(C4CC4)CC3)c(C3CCC3)n2)cc1. The van der Waals surface area contributed by atoms with Crippen LogP contribution >= 0.6 is 0 Å². The molecule has 144 valence electrons. The van der Waals surface area contributed by atoms with E-state index in [4.69, 9.17) is 9.84 Å². The molecule has 0 radical (unpaired) electrons. The Morgan fingerprint density at radius 3 is 2.37 bits per heavy atom. The molecular weight excluding hydrogens is 341 g/mol. The topological polar surface area (TPSA) is 30.3 Å². The molecule has 0 N–H and O–H groups in total. The van der Waals surface area contributed by atoms with Gasteiger partial charge in [-0.15, -0.1) is 0 Å². The first-order chi connectivity index (χ1) is 13.3. The van der Waals surface area contributed by atoms with Crippen molar-refractivity contribution in [3.63, 3.8) is 0 Å². The second-order valence-electron chi connectivity index (χ2n) is 8.45. The highest BCUT2D eigenvalue weighted by molar-refractivity contribution is 5.37. The van der Waals surface area contributed by atoms with Crippen LogP contribution in [-0.4, -0.2) is 40.4 Å². The van der Waals surface area contributed by atoms with E-state index in [-0.39, 0.29) is 5.82 Å². The van der Waals surface area contributed by atoms with Crippen LogP contribution in [0.3, 0.4) is 0 Å². The van der Waals surface area contributed by atoms with E-state index in [9.17, 15) is 4.39 Å². The lowest BCUT2D eigenvalue weighted by Crippen LogP contribution is -2.36. The molecule has 2 saturated carbocycles. The highest BCUT2D eigenvalue weighted by Crippen LogP contribution is 2.40. The maximum atomic E-state index is 13.2. The minimum absolute atomic E-state index is 0.223. The third-order valence-corrected chi connectivity index (χ3v) is 6.48. The van der Waals surface area contributed by atoms with Gasteiger partial charge in [-0.05, 0) is 81.8 Å². The number of benzene rings is 1. The highest BCUT2D eigenvalue weighted by atomic mass is 19.1.